The topological polar surface area (TPSA) is 74.7 Å². The van der Waals surface area contributed by atoms with Crippen LogP contribution in [0.5, 0.6) is 0 Å². The first-order chi connectivity index (χ1) is 8.29. The molecular formula is C12H17NO4S. The first-order valence-electron chi connectivity index (χ1n) is 5.47. The first kappa shape index (κ1) is 14.7. The SMILES string of the molecule is CN(CCS(C)(=O)=O)Cc1ccccc1C(=O)O. The lowest BCUT2D eigenvalue weighted by molar-refractivity contribution is 0.0694. The molecule has 1 rings (SSSR count). The molecule has 0 fully saturated rings. The van der Waals surface area contributed by atoms with Crippen molar-refractivity contribution in [2.24, 2.45) is 0 Å². The summed E-state index contributed by atoms with van der Waals surface area (Å²) in [5.41, 5.74) is 0.935. The van der Waals surface area contributed by atoms with Crippen molar-refractivity contribution >= 4 is 15.8 Å². The van der Waals surface area contributed by atoms with Crippen LogP contribution in [0.2, 0.25) is 0 Å². The molecule has 18 heavy (non-hydrogen) atoms. The number of carboxylic acids is 1. The minimum absolute atomic E-state index is 0.0682. The van der Waals surface area contributed by atoms with Gasteiger partial charge in [0.1, 0.15) is 9.84 Å². The minimum atomic E-state index is -3.00. The summed E-state index contributed by atoms with van der Waals surface area (Å²) in [6, 6.07) is 6.72. The Morgan fingerprint density at radius 1 is 1.33 bits per heavy atom. The zero-order valence-corrected chi connectivity index (χ0v) is 11.3. The van der Waals surface area contributed by atoms with Crippen molar-refractivity contribution in [1.82, 2.24) is 4.90 Å². The zero-order valence-electron chi connectivity index (χ0n) is 10.5. The fourth-order valence-corrected chi connectivity index (χ4v) is 2.20. The Labute approximate surface area is 107 Å². The summed E-state index contributed by atoms with van der Waals surface area (Å²) >= 11 is 0. The molecule has 1 N–H and O–H groups in total. The summed E-state index contributed by atoms with van der Waals surface area (Å²) in [4.78, 5) is 12.8. The average Bonchev–Trinajstić information content (AvgIpc) is 2.26. The molecule has 1 aromatic rings. The molecule has 0 heterocycles. The van der Waals surface area contributed by atoms with Gasteiger partial charge in [-0.3, -0.25) is 0 Å². The number of carboxylic acid groups (broad SMARTS) is 1. The van der Waals surface area contributed by atoms with E-state index in [4.69, 9.17) is 5.11 Å². The molecule has 0 spiro atoms. The van der Waals surface area contributed by atoms with Crippen molar-refractivity contribution in [3.05, 3.63) is 35.4 Å². The van der Waals surface area contributed by atoms with E-state index in [-0.39, 0.29) is 11.3 Å². The van der Waals surface area contributed by atoms with E-state index in [1.165, 1.54) is 6.26 Å². The molecule has 0 aliphatic carbocycles. The lowest BCUT2D eigenvalue weighted by atomic mass is 10.1. The Hall–Kier alpha value is -1.40. The van der Waals surface area contributed by atoms with Gasteiger partial charge in [0.15, 0.2) is 0 Å². The van der Waals surface area contributed by atoms with Gasteiger partial charge in [0.05, 0.1) is 11.3 Å². The van der Waals surface area contributed by atoms with Crippen LogP contribution in [0.25, 0.3) is 0 Å². The quantitative estimate of drug-likeness (QED) is 0.830. The van der Waals surface area contributed by atoms with Gasteiger partial charge in [0.2, 0.25) is 0 Å². The molecule has 0 radical (unpaired) electrons. The van der Waals surface area contributed by atoms with Crippen molar-refractivity contribution in [1.29, 1.82) is 0 Å². The highest BCUT2D eigenvalue weighted by molar-refractivity contribution is 7.90. The predicted molar refractivity (Wildman–Crippen MR) is 69.4 cm³/mol. The number of benzene rings is 1. The highest BCUT2D eigenvalue weighted by atomic mass is 32.2. The molecule has 0 aliphatic rings. The van der Waals surface area contributed by atoms with E-state index in [1.807, 2.05) is 0 Å². The maximum atomic E-state index is 11.0. The molecule has 100 valence electrons. The number of sulfone groups is 1. The van der Waals surface area contributed by atoms with E-state index < -0.39 is 15.8 Å². The van der Waals surface area contributed by atoms with Crippen molar-refractivity contribution in [3.8, 4) is 0 Å². The van der Waals surface area contributed by atoms with Crippen LogP contribution in [0.15, 0.2) is 24.3 Å². The summed E-state index contributed by atoms with van der Waals surface area (Å²) in [5.74, 6) is -0.902. The average molecular weight is 271 g/mol. The fourth-order valence-electron chi connectivity index (χ4n) is 1.56. The van der Waals surface area contributed by atoms with Crippen molar-refractivity contribution in [2.75, 3.05) is 25.6 Å². The molecule has 6 heteroatoms. The lowest BCUT2D eigenvalue weighted by Gasteiger charge is -2.17. The number of carbonyl (C=O) groups is 1. The van der Waals surface area contributed by atoms with E-state index in [9.17, 15) is 13.2 Å². The second kappa shape index (κ2) is 5.97. The van der Waals surface area contributed by atoms with Gasteiger partial charge >= 0.3 is 5.97 Å². The molecule has 0 aliphatic heterocycles. The monoisotopic (exact) mass is 271 g/mol. The largest absolute Gasteiger partial charge is 0.478 e. The van der Waals surface area contributed by atoms with Crippen LogP contribution in [0, 0.1) is 0 Å². The molecule has 0 saturated heterocycles. The van der Waals surface area contributed by atoms with Crippen LogP contribution < -0.4 is 0 Å². The second-order valence-corrected chi connectivity index (χ2v) is 6.59. The number of nitrogens with zero attached hydrogens (tertiary/aromatic N) is 1. The number of hydrogen-bond acceptors (Lipinski definition) is 4. The third-order valence-electron chi connectivity index (χ3n) is 2.53. The van der Waals surface area contributed by atoms with E-state index in [1.54, 1.807) is 36.2 Å². The molecule has 0 aromatic heterocycles. The normalized spacial score (nSPS) is 11.7. The smallest absolute Gasteiger partial charge is 0.336 e. The van der Waals surface area contributed by atoms with Crippen LogP contribution in [0.1, 0.15) is 15.9 Å². The van der Waals surface area contributed by atoms with Crippen molar-refractivity contribution < 1.29 is 18.3 Å². The minimum Gasteiger partial charge on any atom is -0.478 e. The third kappa shape index (κ3) is 4.85. The van der Waals surface area contributed by atoms with Gasteiger partial charge in [-0.05, 0) is 18.7 Å². The zero-order chi connectivity index (χ0) is 13.8. The molecular weight excluding hydrogens is 254 g/mol. The maximum absolute atomic E-state index is 11.0. The maximum Gasteiger partial charge on any atom is 0.336 e. The Morgan fingerprint density at radius 2 is 1.94 bits per heavy atom. The number of rotatable bonds is 6. The van der Waals surface area contributed by atoms with Gasteiger partial charge < -0.3 is 10.0 Å². The molecule has 0 bridgehead atoms. The van der Waals surface area contributed by atoms with Gasteiger partial charge in [-0.1, -0.05) is 18.2 Å². The van der Waals surface area contributed by atoms with E-state index in [2.05, 4.69) is 0 Å². The van der Waals surface area contributed by atoms with Gasteiger partial charge in [0, 0.05) is 19.3 Å². The van der Waals surface area contributed by atoms with Gasteiger partial charge in [-0.2, -0.15) is 0 Å². The van der Waals surface area contributed by atoms with Crippen LogP contribution in [0.3, 0.4) is 0 Å². The van der Waals surface area contributed by atoms with Gasteiger partial charge in [-0.25, -0.2) is 13.2 Å². The van der Waals surface area contributed by atoms with Crippen LogP contribution >= 0.6 is 0 Å². The number of aromatic carboxylic acids is 1. The molecule has 0 saturated carbocycles. The molecule has 1 aromatic carbocycles. The van der Waals surface area contributed by atoms with Crippen molar-refractivity contribution in [3.63, 3.8) is 0 Å². The highest BCUT2D eigenvalue weighted by Gasteiger charge is 2.11. The summed E-state index contributed by atoms with van der Waals surface area (Å²) in [6.07, 6.45) is 1.19. The molecule has 0 atom stereocenters. The van der Waals surface area contributed by atoms with Crippen LogP contribution in [-0.2, 0) is 16.4 Å². The second-order valence-electron chi connectivity index (χ2n) is 4.33. The van der Waals surface area contributed by atoms with Crippen LogP contribution in [-0.4, -0.2) is 50.0 Å². The summed E-state index contributed by atoms with van der Waals surface area (Å²) in [7, 11) is -1.23. The van der Waals surface area contributed by atoms with E-state index in [0.717, 1.165) is 0 Å². The van der Waals surface area contributed by atoms with Gasteiger partial charge in [0.25, 0.3) is 0 Å². The molecule has 0 unspecified atom stereocenters. The Kier molecular flexibility index (Phi) is 4.86. The Morgan fingerprint density at radius 3 is 2.50 bits per heavy atom. The summed E-state index contributed by atoms with van der Waals surface area (Å²) in [5, 5.41) is 9.02. The third-order valence-corrected chi connectivity index (χ3v) is 3.46. The van der Waals surface area contributed by atoms with Crippen molar-refractivity contribution in [2.45, 2.75) is 6.54 Å². The van der Waals surface area contributed by atoms with Gasteiger partial charge in [-0.15, -0.1) is 0 Å². The van der Waals surface area contributed by atoms with E-state index in [0.29, 0.717) is 18.7 Å². The Balaban J connectivity index is 2.70. The Bertz CT molecular complexity index is 525. The summed E-state index contributed by atoms with van der Waals surface area (Å²) < 4.78 is 22.1. The standard InChI is InChI=1S/C12H17NO4S/c1-13(7-8-18(2,16)17)9-10-5-3-4-6-11(10)12(14)15/h3-6H,7-9H2,1-2H3,(H,14,15). The number of hydrogen-bond donors (Lipinski definition) is 1. The summed E-state index contributed by atoms with van der Waals surface area (Å²) in [6.45, 7) is 0.796. The van der Waals surface area contributed by atoms with E-state index >= 15 is 0 Å². The van der Waals surface area contributed by atoms with Crippen LogP contribution in [0.4, 0.5) is 0 Å². The predicted octanol–water partition coefficient (Wildman–Crippen LogP) is 0.861. The highest BCUT2D eigenvalue weighted by Crippen LogP contribution is 2.11. The molecule has 0 amide bonds. The first-order valence-corrected chi connectivity index (χ1v) is 7.53. The lowest BCUT2D eigenvalue weighted by Crippen LogP contribution is -2.25. The molecule has 5 nitrogen and oxygen atoms in total. The fraction of sp³-hybridized carbons (Fsp3) is 0.417.